The first-order valence-corrected chi connectivity index (χ1v) is 7.16. The molecule has 1 atom stereocenters. The summed E-state index contributed by atoms with van der Waals surface area (Å²) in [5.74, 6) is -0.0602. The maximum atomic E-state index is 13.6. The average molecular weight is 314 g/mol. The van der Waals surface area contributed by atoms with Gasteiger partial charge in [-0.25, -0.2) is 4.39 Å². The molecule has 2 nitrogen and oxygen atoms in total. The van der Waals surface area contributed by atoms with Crippen molar-refractivity contribution in [1.29, 1.82) is 0 Å². The molecule has 1 amide bonds. The van der Waals surface area contributed by atoms with Gasteiger partial charge in [-0.3, -0.25) is 4.79 Å². The molecule has 1 aromatic carbocycles. The fourth-order valence-corrected chi connectivity index (χ4v) is 2.58. The standard InChI is InChI=1S/C14H17BrFNO/c1-2-10(8-9-6-7-9)17-14(18)13-11(15)4-3-5-12(13)16/h3-5,9-10H,2,6-8H2,1H3,(H,17,18). The summed E-state index contributed by atoms with van der Waals surface area (Å²) in [6.45, 7) is 2.05. The second kappa shape index (κ2) is 5.83. The minimum Gasteiger partial charge on any atom is -0.349 e. The van der Waals surface area contributed by atoms with Crippen LogP contribution in [-0.2, 0) is 0 Å². The van der Waals surface area contributed by atoms with Crippen molar-refractivity contribution in [2.75, 3.05) is 0 Å². The molecule has 1 fully saturated rings. The number of halogens is 2. The third-order valence-corrected chi connectivity index (χ3v) is 3.99. The number of rotatable bonds is 5. The number of hydrogen-bond acceptors (Lipinski definition) is 1. The molecule has 0 spiro atoms. The SMILES string of the molecule is CCC(CC1CC1)NC(=O)c1c(F)cccc1Br. The smallest absolute Gasteiger partial charge is 0.255 e. The Labute approximate surface area is 115 Å². The Morgan fingerprint density at radius 1 is 1.56 bits per heavy atom. The van der Waals surface area contributed by atoms with Crippen LogP contribution in [0, 0.1) is 11.7 Å². The maximum Gasteiger partial charge on any atom is 0.255 e. The highest BCUT2D eigenvalue weighted by atomic mass is 79.9. The predicted molar refractivity (Wildman–Crippen MR) is 73.0 cm³/mol. The Hall–Kier alpha value is -0.900. The van der Waals surface area contributed by atoms with Gasteiger partial charge in [0.2, 0.25) is 0 Å². The summed E-state index contributed by atoms with van der Waals surface area (Å²) < 4.78 is 14.1. The molecule has 0 aromatic heterocycles. The fourth-order valence-electron chi connectivity index (χ4n) is 2.06. The summed E-state index contributed by atoms with van der Waals surface area (Å²) in [4.78, 5) is 12.1. The zero-order valence-corrected chi connectivity index (χ0v) is 12.0. The average Bonchev–Trinajstić information content (AvgIpc) is 3.11. The second-order valence-corrected chi connectivity index (χ2v) is 5.71. The highest BCUT2D eigenvalue weighted by molar-refractivity contribution is 9.10. The van der Waals surface area contributed by atoms with E-state index in [4.69, 9.17) is 0 Å². The van der Waals surface area contributed by atoms with Crippen LogP contribution >= 0.6 is 15.9 Å². The molecule has 1 unspecified atom stereocenters. The second-order valence-electron chi connectivity index (χ2n) is 4.85. The minimum absolute atomic E-state index is 0.103. The van der Waals surface area contributed by atoms with Gasteiger partial charge in [0.25, 0.3) is 5.91 Å². The van der Waals surface area contributed by atoms with Gasteiger partial charge in [-0.2, -0.15) is 0 Å². The third-order valence-electron chi connectivity index (χ3n) is 3.33. The van der Waals surface area contributed by atoms with E-state index in [0.717, 1.165) is 18.8 Å². The molecule has 4 heteroatoms. The van der Waals surface area contributed by atoms with Crippen molar-refractivity contribution in [2.45, 2.75) is 38.6 Å². The van der Waals surface area contributed by atoms with E-state index < -0.39 is 5.82 Å². The molecule has 0 heterocycles. The summed E-state index contributed by atoms with van der Waals surface area (Å²) in [6, 6.07) is 4.72. The van der Waals surface area contributed by atoms with Crippen LogP contribution in [0.3, 0.4) is 0 Å². The van der Waals surface area contributed by atoms with Gasteiger partial charge in [-0.15, -0.1) is 0 Å². The van der Waals surface area contributed by atoms with Crippen molar-refractivity contribution >= 4 is 21.8 Å². The molecular formula is C14H17BrFNO. The van der Waals surface area contributed by atoms with Gasteiger partial charge in [-0.1, -0.05) is 25.8 Å². The lowest BCUT2D eigenvalue weighted by molar-refractivity contribution is 0.0928. The van der Waals surface area contributed by atoms with E-state index in [1.807, 2.05) is 6.92 Å². The van der Waals surface area contributed by atoms with E-state index >= 15 is 0 Å². The molecular weight excluding hydrogens is 297 g/mol. The first kappa shape index (κ1) is 13.5. The zero-order valence-electron chi connectivity index (χ0n) is 10.4. The molecule has 0 bridgehead atoms. The highest BCUT2D eigenvalue weighted by Crippen LogP contribution is 2.34. The van der Waals surface area contributed by atoms with Gasteiger partial charge in [-0.05, 0) is 46.8 Å². The molecule has 1 aromatic rings. The lowest BCUT2D eigenvalue weighted by Gasteiger charge is -2.17. The predicted octanol–water partition coefficient (Wildman–Crippen LogP) is 3.90. The van der Waals surface area contributed by atoms with Crippen molar-refractivity contribution in [3.8, 4) is 0 Å². The van der Waals surface area contributed by atoms with Crippen LogP contribution in [0.4, 0.5) is 4.39 Å². The Morgan fingerprint density at radius 3 is 2.83 bits per heavy atom. The Bertz CT molecular complexity index is 425. The minimum atomic E-state index is -0.483. The lowest BCUT2D eigenvalue weighted by Crippen LogP contribution is -2.35. The molecule has 1 saturated carbocycles. The van der Waals surface area contributed by atoms with Gasteiger partial charge in [0.1, 0.15) is 5.82 Å². The number of carbonyl (C=O) groups excluding carboxylic acids is 1. The van der Waals surface area contributed by atoms with Gasteiger partial charge >= 0.3 is 0 Å². The number of benzene rings is 1. The van der Waals surface area contributed by atoms with Crippen LogP contribution in [0.25, 0.3) is 0 Å². The Kier molecular flexibility index (Phi) is 4.38. The topological polar surface area (TPSA) is 29.1 Å². The summed E-state index contributed by atoms with van der Waals surface area (Å²) >= 11 is 3.22. The molecule has 0 radical (unpaired) electrons. The van der Waals surface area contributed by atoms with Crippen molar-refractivity contribution in [3.05, 3.63) is 34.1 Å². The normalized spacial score (nSPS) is 16.4. The first-order chi connectivity index (χ1) is 8.61. The summed E-state index contributed by atoms with van der Waals surface area (Å²) in [5.41, 5.74) is 0.103. The van der Waals surface area contributed by atoms with E-state index in [-0.39, 0.29) is 17.5 Å². The van der Waals surface area contributed by atoms with E-state index in [2.05, 4.69) is 21.2 Å². The third kappa shape index (κ3) is 3.31. The van der Waals surface area contributed by atoms with Crippen LogP contribution in [0.2, 0.25) is 0 Å². The number of carbonyl (C=O) groups is 1. The molecule has 1 N–H and O–H groups in total. The van der Waals surface area contributed by atoms with Gasteiger partial charge in [0.05, 0.1) is 5.56 Å². The molecule has 2 rings (SSSR count). The Morgan fingerprint density at radius 2 is 2.28 bits per heavy atom. The summed E-state index contributed by atoms with van der Waals surface area (Å²) in [6.07, 6.45) is 4.41. The van der Waals surface area contributed by atoms with E-state index in [0.29, 0.717) is 4.47 Å². The van der Waals surface area contributed by atoms with Crippen LogP contribution < -0.4 is 5.32 Å². The molecule has 0 aliphatic heterocycles. The van der Waals surface area contributed by atoms with Crippen LogP contribution in [0.5, 0.6) is 0 Å². The molecule has 98 valence electrons. The number of amides is 1. The Balaban J connectivity index is 2.05. The van der Waals surface area contributed by atoms with Crippen LogP contribution in [0.15, 0.2) is 22.7 Å². The highest BCUT2D eigenvalue weighted by Gasteiger charge is 2.26. The molecule has 0 saturated heterocycles. The van der Waals surface area contributed by atoms with E-state index in [1.165, 1.54) is 18.9 Å². The van der Waals surface area contributed by atoms with Gasteiger partial charge < -0.3 is 5.32 Å². The molecule has 18 heavy (non-hydrogen) atoms. The van der Waals surface area contributed by atoms with Crippen molar-refractivity contribution in [3.63, 3.8) is 0 Å². The summed E-state index contributed by atoms with van der Waals surface area (Å²) in [7, 11) is 0. The molecule has 1 aliphatic rings. The largest absolute Gasteiger partial charge is 0.349 e. The lowest BCUT2D eigenvalue weighted by atomic mass is 10.1. The van der Waals surface area contributed by atoms with E-state index in [9.17, 15) is 9.18 Å². The van der Waals surface area contributed by atoms with Crippen molar-refractivity contribution in [2.24, 2.45) is 5.92 Å². The van der Waals surface area contributed by atoms with Crippen LogP contribution in [0.1, 0.15) is 43.0 Å². The van der Waals surface area contributed by atoms with Crippen molar-refractivity contribution < 1.29 is 9.18 Å². The van der Waals surface area contributed by atoms with Crippen LogP contribution in [-0.4, -0.2) is 11.9 Å². The quantitative estimate of drug-likeness (QED) is 0.877. The van der Waals surface area contributed by atoms with Gasteiger partial charge in [0, 0.05) is 10.5 Å². The monoisotopic (exact) mass is 313 g/mol. The molecule has 1 aliphatic carbocycles. The maximum absolute atomic E-state index is 13.6. The fraction of sp³-hybridized carbons (Fsp3) is 0.500. The van der Waals surface area contributed by atoms with Crippen molar-refractivity contribution in [1.82, 2.24) is 5.32 Å². The number of hydrogen-bond donors (Lipinski definition) is 1. The number of nitrogens with one attached hydrogen (secondary N) is 1. The van der Waals surface area contributed by atoms with E-state index in [1.54, 1.807) is 12.1 Å². The van der Waals surface area contributed by atoms with Gasteiger partial charge in [0.15, 0.2) is 0 Å². The summed E-state index contributed by atoms with van der Waals surface area (Å²) in [5, 5.41) is 2.93. The first-order valence-electron chi connectivity index (χ1n) is 6.36. The zero-order chi connectivity index (χ0) is 13.1.